The van der Waals surface area contributed by atoms with Crippen molar-refractivity contribution in [2.75, 3.05) is 27.2 Å². The molecule has 2 aromatic heterocycles. The van der Waals surface area contributed by atoms with Crippen LogP contribution >= 0.6 is 0 Å². The van der Waals surface area contributed by atoms with Gasteiger partial charge in [-0.3, -0.25) is 5.41 Å². The number of nitrogens with two attached hydrogens (primary N) is 1. The summed E-state index contributed by atoms with van der Waals surface area (Å²) in [5.74, 6) is 1.85. The van der Waals surface area contributed by atoms with E-state index < -0.39 is 10.2 Å². The van der Waals surface area contributed by atoms with Gasteiger partial charge in [0.15, 0.2) is 0 Å². The van der Waals surface area contributed by atoms with Crippen LogP contribution in [0.25, 0.3) is 22.1 Å². The second-order valence-corrected chi connectivity index (χ2v) is 11.5. The van der Waals surface area contributed by atoms with Crippen LogP contribution in [0.2, 0.25) is 0 Å². The highest BCUT2D eigenvalue weighted by Crippen LogP contribution is 2.35. The third kappa shape index (κ3) is 4.54. The standard InChI is InChI=1S/C24H30N8O2S/c1-31(2)35(33,34)32-11-9-15(10-12-32)13-17(23-27-18-5-3-4-6-19(18)28-23)24-29-20-8-7-16(22(25)26)14-21(20)30-24/h3-8,14-15,17H,9-13H2,1-2H3,(H3,25,26)(H,27,28)(H,29,30). The number of nitrogens with one attached hydrogen (secondary N) is 3. The van der Waals surface area contributed by atoms with E-state index in [1.807, 2.05) is 36.4 Å². The highest BCUT2D eigenvalue weighted by atomic mass is 32.2. The van der Waals surface area contributed by atoms with Crippen LogP contribution in [-0.4, -0.2) is 70.0 Å². The zero-order chi connectivity index (χ0) is 24.7. The Kier molecular flexibility index (Phi) is 6.07. The molecule has 3 heterocycles. The summed E-state index contributed by atoms with van der Waals surface area (Å²) in [4.78, 5) is 16.6. The molecule has 5 N–H and O–H groups in total. The number of amidine groups is 1. The number of aromatic nitrogens is 4. The molecule has 0 saturated carbocycles. The molecule has 35 heavy (non-hydrogen) atoms. The van der Waals surface area contributed by atoms with E-state index in [9.17, 15) is 8.42 Å². The van der Waals surface area contributed by atoms with Crippen molar-refractivity contribution in [3.63, 3.8) is 0 Å². The molecule has 1 saturated heterocycles. The van der Waals surface area contributed by atoms with E-state index in [1.165, 1.54) is 4.31 Å². The van der Waals surface area contributed by atoms with Crippen molar-refractivity contribution in [1.82, 2.24) is 28.5 Å². The number of fused-ring (bicyclic) bond motifs is 2. The molecule has 0 radical (unpaired) electrons. The molecule has 0 bridgehead atoms. The number of aromatic amines is 2. The molecule has 4 aromatic rings. The summed E-state index contributed by atoms with van der Waals surface area (Å²) in [6, 6.07) is 13.4. The summed E-state index contributed by atoms with van der Waals surface area (Å²) in [5.41, 5.74) is 9.80. The number of piperidine rings is 1. The van der Waals surface area contributed by atoms with Gasteiger partial charge in [0.25, 0.3) is 10.2 Å². The Morgan fingerprint density at radius 3 is 2.34 bits per heavy atom. The predicted octanol–water partition coefficient (Wildman–Crippen LogP) is 2.76. The Morgan fingerprint density at radius 1 is 1.09 bits per heavy atom. The summed E-state index contributed by atoms with van der Waals surface area (Å²) in [7, 11) is -0.265. The highest BCUT2D eigenvalue weighted by molar-refractivity contribution is 7.86. The fraction of sp³-hybridized carbons (Fsp3) is 0.375. The van der Waals surface area contributed by atoms with Crippen LogP contribution < -0.4 is 5.73 Å². The van der Waals surface area contributed by atoms with Crippen LogP contribution in [0.15, 0.2) is 42.5 Å². The van der Waals surface area contributed by atoms with Gasteiger partial charge in [0.05, 0.1) is 28.0 Å². The molecule has 1 atom stereocenters. The van der Waals surface area contributed by atoms with E-state index >= 15 is 0 Å². The molecular weight excluding hydrogens is 464 g/mol. The van der Waals surface area contributed by atoms with Gasteiger partial charge in [-0.15, -0.1) is 0 Å². The van der Waals surface area contributed by atoms with Gasteiger partial charge in [0.1, 0.15) is 17.5 Å². The van der Waals surface area contributed by atoms with Crippen molar-refractivity contribution >= 4 is 38.1 Å². The lowest BCUT2D eigenvalue weighted by molar-refractivity contribution is 0.246. The average Bonchev–Trinajstić information content (AvgIpc) is 3.46. The average molecular weight is 495 g/mol. The van der Waals surface area contributed by atoms with Gasteiger partial charge in [-0.2, -0.15) is 17.0 Å². The molecule has 1 aliphatic heterocycles. The van der Waals surface area contributed by atoms with Crippen molar-refractivity contribution in [3.05, 3.63) is 59.7 Å². The maximum absolute atomic E-state index is 12.5. The van der Waals surface area contributed by atoms with E-state index in [2.05, 4.69) is 9.97 Å². The van der Waals surface area contributed by atoms with Crippen LogP contribution in [0.3, 0.4) is 0 Å². The molecular formula is C24H30N8O2S. The molecule has 1 unspecified atom stereocenters. The summed E-state index contributed by atoms with van der Waals surface area (Å²) in [6.45, 7) is 1.00. The summed E-state index contributed by atoms with van der Waals surface area (Å²) in [5, 5.41) is 7.73. The highest BCUT2D eigenvalue weighted by Gasteiger charge is 2.32. The van der Waals surface area contributed by atoms with Crippen LogP contribution in [0, 0.1) is 11.3 Å². The Labute approximate surface area is 204 Å². The van der Waals surface area contributed by atoms with E-state index in [0.29, 0.717) is 24.6 Å². The number of para-hydroxylation sites is 2. The first-order valence-electron chi connectivity index (χ1n) is 11.7. The first-order chi connectivity index (χ1) is 16.7. The smallest absolute Gasteiger partial charge is 0.281 e. The minimum Gasteiger partial charge on any atom is -0.384 e. The maximum atomic E-state index is 12.5. The number of hydrogen-bond acceptors (Lipinski definition) is 5. The maximum Gasteiger partial charge on any atom is 0.281 e. The quantitative estimate of drug-likeness (QED) is 0.230. The third-order valence-corrected chi connectivity index (χ3v) is 8.75. The lowest BCUT2D eigenvalue weighted by Crippen LogP contribution is -2.44. The Hall–Kier alpha value is -3.28. The summed E-state index contributed by atoms with van der Waals surface area (Å²) < 4.78 is 27.9. The summed E-state index contributed by atoms with van der Waals surface area (Å²) >= 11 is 0. The van der Waals surface area contributed by atoms with Crippen LogP contribution in [0.1, 0.15) is 42.4 Å². The first-order valence-corrected chi connectivity index (χ1v) is 13.1. The van der Waals surface area contributed by atoms with Crippen molar-refractivity contribution in [2.45, 2.75) is 25.2 Å². The number of hydrogen-bond donors (Lipinski definition) is 4. The van der Waals surface area contributed by atoms with Crippen LogP contribution in [-0.2, 0) is 10.2 Å². The normalized spacial score (nSPS) is 16.9. The van der Waals surface area contributed by atoms with Crippen LogP contribution in [0.4, 0.5) is 0 Å². The minimum absolute atomic E-state index is 0.0105. The third-order valence-electron chi connectivity index (χ3n) is 6.81. The molecule has 0 spiro atoms. The van der Waals surface area contributed by atoms with E-state index in [4.69, 9.17) is 21.1 Å². The molecule has 5 rings (SSSR count). The molecule has 184 valence electrons. The van der Waals surface area contributed by atoms with Gasteiger partial charge in [0.2, 0.25) is 0 Å². The van der Waals surface area contributed by atoms with Gasteiger partial charge in [-0.25, -0.2) is 9.97 Å². The largest absolute Gasteiger partial charge is 0.384 e. The number of rotatable bonds is 7. The van der Waals surface area contributed by atoms with Gasteiger partial charge < -0.3 is 15.7 Å². The predicted molar refractivity (Wildman–Crippen MR) is 137 cm³/mol. The fourth-order valence-electron chi connectivity index (χ4n) is 4.79. The Bertz CT molecular complexity index is 1450. The second-order valence-electron chi connectivity index (χ2n) is 9.33. The Balaban J connectivity index is 1.46. The molecule has 10 nitrogen and oxygen atoms in total. The van der Waals surface area contributed by atoms with E-state index in [-0.39, 0.29) is 11.8 Å². The van der Waals surface area contributed by atoms with Gasteiger partial charge in [-0.1, -0.05) is 12.1 Å². The van der Waals surface area contributed by atoms with Gasteiger partial charge in [-0.05, 0) is 55.5 Å². The lowest BCUT2D eigenvalue weighted by Gasteiger charge is -2.33. The molecule has 1 fully saturated rings. The molecule has 1 aliphatic rings. The van der Waals surface area contributed by atoms with Crippen molar-refractivity contribution in [1.29, 1.82) is 5.41 Å². The zero-order valence-electron chi connectivity index (χ0n) is 19.8. The van der Waals surface area contributed by atoms with Crippen molar-refractivity contribution in [2.24, 2.45) is 11.7 Å². The number of nitrogen functional groups attached to an aromatic ring is 1. The topological polar surface area (TPSA) is 148 Å². The van der Waals surface area contributed by atoms with Gasteiger partial charge in [0, 0.05) is 32.7 Å². The monoisotopic (exact) mass is 494 g/mol. The number of benzene rings is 2. The summed E-state index contributed by atoms with van der Waals surface area (Å²) in [6.07, 6.45) is 2.34. The van der Waals surface area contributed by atoms with Gasteiger partial charge >= 0.3 is 0 Å². The molecule has 0 amide bonds. The van der Waals surface area contributed by atoms with Crippen molar-refractivity contribution < 1.29 is 8.42 Å². The SMILES string of the molecule is CN(C)S(=O)(=O)N1CCC(CC(c2nc3ccccc3[nH]2)c2nc3ccc(C(=N)N)cc3[nH]2)CC1. The number of H-pyrrole nitrogens is 2. The molecule has 0 aliphatic carbocycles. The zero-order valence-corrected chi connectivity index (χ0v) is 20.6. The van der Waals surface area contributed by atoms with E-state index in [0.717, 1.165) is 53.0 Å². The fourth-order valence-corrected chi connectivity index (χ4v) is 5.93. The Morgan fingerprint density at radius 2 is 1.71 bits per heavy atom. The number of nitrogens with zero attached hydrogens (tertiary/aromatic N) is 4. The van der Waals surface area contributed by atoms with E-state index in [1.54, 1.807) is 24.5 Å². The number of imidazole rings is 2. The first kappa shape index (κ1) is 23.5. The molecule has 11 heteroatoms. The molecule has 2 aromatic carbocycles. The lowest BCUT2D eigenvalue weighted by atomic mass is 9.87. The second kappa shape index (κ2) is 9.06. The van der Waals surface area contributed by atoms with Crippen LogP contribution in [0.5, 0.6) is 0 Å². The minimum atomic E-state index is -3.40. The van der Waals surface area contributed by atoms with Crippen molar-refractivity contribution in [3.8, 4) is 0 Å².